The summed E-state index contributed by atoms with van der Waals surface area (Å²) in [5.74, 6) is 1.16. The lowest BCUT2D eigenvalue weighted by Gasteiger charge is -2.35. The van der Waals surface area contributed by atoms with Crippen LogP contribution in [0.5, 0.6) is 0 Å². The molecule has 5 heteroatoms. The summed E-state index contributed by atoms with van der Waals surface area (Å²) in [5.41, 5.74) is 1.69. The number of ketones is 1. The van der Waals surface area contributed by atoms with E-state index in [4.69, 9.17) is 0 Å². The Morgan fingerprint density at radius 3 is 2.40 bits per heavy atom. The Morgan fingerprint density at radius 1 is 1.25 bits per heavy atom. The second-order valence-electron chi connectivity index (χ2n) is 5.13. The number of piperazine rings is 1. The van der Waals surface area contributed by atoms with Crippen molar-refractivity contribution in [3.63, 3.8) is 0 Å². The number of hydrogen-bond donors (Lipinski definition) is 0. The maximum Gasteiger partial charge on any atom is 0.219 e. The topological polar surface area (TPSA) is 53.5 Å². The van der Waals surface area contributed by atoms with Gasteiger partial charge in [-0.15, -0.1) is 0 Å². The molecular formula is C15H21N3O2. The van der Waals surface area contributed by atoms with E-state index >= 15 is 0 Å². The van der Waals surface area contributed by atoms with Gasteiger partial charge in [-0.25, -0.2) is 4.98 Å². The van der Waals surface area contributed by atoms with Crippen LogP contribution < -0.4 is 4.90 Å². The minimum atomic E-state index is 0.119. The van der Waals surface area contributed by atoms with Gasteiger partial charge in [-0.3, -0.25) is 9.59 Å². The number of hydrogen-bond acceptors (Lipinski definition) is 4. The highest BCUT2D eigenvalue weighted by molar-refractivity contribution is 5.96. The van der Waals surface area contributed by atoms with Crippen LogP contribution in [0.4, 0.5) is 5.82 Å². The average Bonchev–Trinajstić information content (AvgIpc) is 2.46. The van der Waals surface area contributed by atoms with Gasteiger partial charge in [0.1, 0.15) is 5.82 Å². The standard InChI is InChI=1S/C15H21N3O2/c1-4-14(20)13-9-11(2)15(16-10-13)18-7-5-17(6-8-18)12(3)19/h9-10H,4-8H2,1-3H3. The molecule has 2 rings (SSSR count). The van der Waals surface area contributed by atoms with Crippen LogP contribution in [0.3, 0.4) is 0 Å². The molecule has 2 heterocycles. The maximum atomic E-state index is 11.7. The highest BCUT2D eigenvalue weighted by Crippen LogP contribution is 2.20. The van der Waals surface area contributed by atoms with Crippen LogP contribution >= 0.6 is 0 Å². The van der Waals surface area contributed by atoms with E-state index in [1.807, 2.05) is 24.8 Å². The Balaban J connectivity index is 2.11. The van der Waals surface area contributed by atoms with Gasteiger partial charge in [-0.2, -0.15) is 0 Å². The SMILES string of the molecule is CCC(=O)c1cnc(N2CCN(C(C)=O)CC2)c(C)c1. The van der Waals surface area contributed by atoms with Crippen LogP contribution in [0.1, 0.15) is 36.2 Å². The summed E-state index contributed by atoms with van der Waals surface area (Å²) in [6.45, 7) is 8.46. The molecule has 1 fully saturated rings. The first-order valence-corrected chi connectivity index (χ1v) is 7.03. The summed E-state index contributed by atoms with van der Waals surface area (Å²) in [6, 6.07) is 1.91. The van der Waals surface area contributed by atoms with Gasteiger partial charge in [0.15, 0.2) is 5.78 Å². The Hall–Kier alpha value is -1.91. The Morgan fingerprint density at radius 2 is 1.90 bits per heavy atom. The van der Waals surface area contributed by atoms with Crippen molar-refractivity contribution in [3.05, 3.63) is 23.4 Å². The molecule has 1 amide bonds. The molecule has 0 aromatic carbocycles. The van der Waals surface area contributed by atoms with Gasteiger partial charge < -0.3 is 9.80 Å². The number of carbonyl (C=O) groups excluding carboxylic acids is 2. The number of nitrogens with zero attached hydrogens (tertiary/aromatic N) is 3. The van der Waals surface area contributed by atoms with E-state index in [1.54, 1.807) is 13.1 Å². The third kappa shape index (κ3) is 2.98. The molecule has 0 radical (unpaired) electrons. The average molecular weight is 275 g/mol. The molecule has 1 aromatic heterocycles. The van der Waals surface area contributed by atoms with Gasteiger partial charge >= 0.3 is 0 Å². The summed E-state index contributed by atoms with van der Waals surface area (Å²) < 4.78 is 0. The quantitative estimate of drug-likeness (QED) is 0.787. The van der Waals surface area contributed by atoms with E-state index in [0.29, 0.717) is 12.0 Å². The lowest BCUT2D eigenvalue weighted by molar-refractivity contribution is -0.129. The zero-order valence-corrected chi connectivity index (χ0v) is 12.3. The number of Topliss-reactive ketones (excluding diaryl/α,β-unsaturated/α-hetero) is 1. The molecule has 20 heavy (non-hydrogen) atoms. The monoisotopic (exact) mass is 275 g/mol. The molecule has 0 atom stereocenters. The molecular weight excluding hydrogens is 254 g/mol. The predicted molar refractivity (Wildman–Crippen MR) is 78.1 cm³/mol. The summed E-state index contributed by atoms with van der Waals surface area (Å²) in [4.78, 5) is 31.5. The van der Waals surface area contributed by atoms with Gasteiger partial charge in [0.05, 0.1) is 0 Å². The van der Waals surface area contributed by atoms with E-state index in [9.17, 15) is 9.59 Å². The third-order valence-electron chi connectivity index (χ3n) is 3.72. The van der Waals surface area contributed by atoms with Gasteiger partial charge in [-0.1, -0.05) is 6.92 Å². The number of rotatable bonds is 3. The first-order chi connectivity index (χ1) is 9.52. The fourth-order valence-corrected chi connectivity index (χ4v) is 2.49. The molecule has 1 saturated heterocycles. The fraction of sp³-hybridized carbons (Fsp3) is 0.533. The maximum absolute atomic E-state index is 11.7. The van der Waals surface area contributed by atoms with Crippen LogP contribution in [0.2, 0.25) is 0 Å². The van der Waals surface area contributed by atoms with Crippen molar-refractivity contribution in [3.8, 4) is 0 Å². The summed E-state index contributed by atoms with van der Waals surface area (Å²) in [5, 5.41) is 0. The highest BCUT2D eigenvalue weighted by Gasteiger charge is 2.21. The second kappa shape index (κ2) is 6.03. The zero-order valence-electron chi connectivity index (χ0n) is 12.3. The largest absolute Gasteiger partial charge is 0.353 e. The first-order valence-electron chi connectivity index (χ1n) is 7.03. The molecule has 0 N–H and O–H groups in total. The molecule has 0 bridgehead atoms. The lowest BCUT2D eigenvalue weighted by atomic mass is 10.1. The number of anilines is 1. The van der Waals surface area contributed by atoms with Crippen molar-refractivity contribution >= 4 is 17.5 Å². The molecule has 0 spiro atoms. The molecule has 5 nitrogen and oxygen atoms in total. The van der Waals surface area contributed by atoms with Crippen molar-refractivity contribution in [2.24, 2.45) is 0 Å². The van der Waals surface area contributed by atoms with E-state index in [2.05, 4.69) is 9.88 Å². The van der Waals surface area contributed by atoms with Crippen molar-refractivity contribution in [2.75, 3.05) is 31.1 Å². The molecule has 1 aliphatic rings. The third-order valence-corrected chi connectivity index (χ3v) is 3.72. The van der Waals surface area contributed by atoms with Crippen LogP contribution in [-0.4, -0.2) is 47.8 Å². The minimum absolute atomic E-state index is 0.119. The molecule has 0 unspecified atom stereocenters. The Kier molecular flexibility index (Phi) is 4.37. The number of carbonyl (C=O) groups is 2. The number of pyridine rings is 1. The predicted octanol–water partition coefficient (Wildman–Crippen LogP) is 1.65. The van der Waals surface area contributed by atoms with E-state index in [1.165, 1.54) is 0 Å². The number of aryl methyl sites for hydroxylation is 1. The molecule has 0 saturated carbocycles. The number of aromatic nitrogens is 1. The van der Waals surface area contributed by atoms with Crippen LogP contribution in [0, 0.1) is 6.92 Å². The number of amides is 1. The Bertz CT molecular complexity index is 520. The van der Waals surface area contributed by atoms with Gasteiger partial charge in [0, 0.05) is 51.3 Å². The van der Waals surface area contributed by atoms with Crippen LogP contribution in [0.25, 0.3) is 0 Å². The molecule has 108 valence electrons. The van der Waals surface area contributed by atoms with Gasteiger partial charge in [-0.05, 0) is 18.6 Å². The lowest BCUT2D eigenvalue weighted by Crippen LogP contribution is -2.48. The van der Waals surface area contributed by atoms with E-state index < -0.39 is 0 Å². The van der Waals surface area contributed by atoms with Gasteiger partial charge in [0.25, 0.3) is 0 Å². The summed E-state index contributed by atoms with van der Waals surface area (Å²) in [6.07, 6.45) is 2.16. The van der Waals surface area contributed by atoms with Crippen LogP contribution in [-0.2, 0) is 4.79 Å². The zero-order chi connectivity index (χ0) is 14.7. The van der Waals surface area contributed by atoms with E-state index in [-0.39, 0.29) is 11.7 Å². The second-order valence-corrected chi connectivity index (χ2v) is 5.13. The van der Waals surface area contributed by atoms with Gasteiger partial charge in [0.2, 0.25) is 5.91 Å². The summed E-state index contributed by atoms with van der Waals surface area (Å²) in [7, 11) is 0. The van der Waals surface area contributed by atoms with Crippen molar-refractivity contribution in [1.29, 1.82) is 0 Å². The van der Waals surface area contributed by atoms with E-state index in [0.717, 1.165) is 37.6 Å². The Labute approximate surface area is 119 Å². The van der Waals surface area contributed by atoms with Crippen molar-refractivity contribution in [1.82, 2.24) is 9.88 Å². The molecule has 1 aromatic rings. The smallest absolute Gasteiger partial charge is 0.219 e. The van der Waals surface area contributed by atoms with Crippen LogP contribution in [0.15, 0.2) is 12.3 Å². The normalized spacial score (nSPS) is 15.3. The molecule has 1 aliphatic heterocycles. The highest BCUT2D eigenvalue weighted by atomic mass is 16.2. The fourth-order valence-electron chi connectivity index (χ4n) is 2.49. The first kappa shape index (κ1) is 14.5. The molecule has 0 aliphatic carbocycles. The summed E-state index contributed by atoms with van der Waals surface area (Å²) >= 11 is 0. The van der Waals surface area contributed by atoms with Crippen molar-refractivity contribution in [2.45, 2.75) is 27.2 Å². The minimum Gasteiger partial charge on any atom is -0.353 e. The van der Waals surface area contributed by atoms with Crippen molar-refractivity contribution < 1.29 is 9.59 Å².